The van der Waals surface area contributed by atoms with Crippen LogP contribution in [0.2, 0.25) is 0 Å². The lowest BCUT2D eigenvalue weighted by Gasteiger charge is -2.33. The van der Waals surface area contributed by atoms with Gasteiger partial charge >= 0.3 is 12.1 Å². The number of nitrogens with one attached hydrogen (secondary N) is 1. The van der Waals surface area contributed by atoms with Crippen molar-refractivity contribution in [1.29, 1.82) is 0 Å². The number of rotatable bonds is 4. The van der Waals surface area contributed by atoms with Gasteiger partial charge in [0.15, 0.2) is 0 Å². The van der Waals surface area contributed by atoms with E-state index in [1.165, 1.54) is 0 Å². The van der Waals surface area contributed by atoms with Gasteiger partial charge in [0.05, 0.1) is 13.7 Å². The maximum atomic E-state index is 12.4. The molecule has 2 heterocycles. The van der Waals surface area contributed by atoms with E-state index >= 15 is 0 Å². The lowest BCUT2D eigenvalue weighted by atomic mass is 9.98. The van der Waals surface area contributed by atoms with Gasteiger partial charge in [0, 0.05) is 30.1 Å². The Morgan fingerprint density at radius 1 is 1.18 bits per heavy atom. The molecule has 0 unspecified atom stereocenters. The van der Waals surface area contributed by atoms with E-state index in [9.17, 15) is 9.59 Å². The Kier molecular flexibility index (Phi) is 5.82. The number of ether oxygens (including phenoxy) is 3. The number of aromatic nitrogens is 1. The van der Waals surface area contributed by atoms with Crippen LogP contribution in [0.4, 0.5) is 4.79 Å². The number of amides is 1. The second-order valence-electron chi connectivity index (χ2n) is 8.15. The molecule has 0 spiro atoms. The minimum absolute atomic E-state index is 0.243. The van der Waals surface area contributed by atoms with Gasteiger partial charge < -0.3 is 24.1 Å². The molecular weight excluding hydrogens is 360 g/mol. The minimum atomic E-state index is -0.493. The molecular formula is C21H28N2O5. The first-order valence-electron chi connectivity index (χ1n) is 9.57. The van der Waals surface area contributed by atoms with Crippen LogP contribution in [0.15, 0.2) is 24.3 Å². The van der Waals surface area contributed by atoms with Crippen LogP contribution in [0.1, 0.15) is 44.1 Å². The second-order valence-corrected chi connectivity index (χ2v) is 8.15. The number of methoxy groups -OCH3 is 1. The molecule has 1 aliphatic heterocycles. The van der Waals surface area contributed by atoms with Crippen LogP contribution < -0.4 is 4.74 Å². The van der Waals surface area contributed by atoms with Crippen LogP contribution in [0.5, 0.6) is 5.75 Å². The summed E-state index contributed by atoms with van der Waals surface area (Å²) in [5.74, 6) is 0.600. The molecule has 1 aliphatic rings. The van der Waals surface area contributed by atoms with Gasteiger partial charge in [0.1, 0.15) is 17.0 Å². The summed E-state index contributed by atoms with van der Waals surface area (Å²) in [6, 6.07) is 7.37. The summed E-state index contributed by atoms with van der Waals surface area (Å²) in [7, 11) is 1.60. The van der Waals surface area contributed by atoms with Gasteiger partial charge in [-0.1, -0.05) is 0 Å². The Morgan fingerprint density at radius 2 is 1.89 bits per heavy atom. The van der Waals surface area contributed by atoms with E-state index in [1.54, 1.807) is 18.1 Å². The van der Waals surface area contributed by atoms with Gasteiger partial charge in [0.25, 0.3) is 0 Å². The smallest absolute Gasteiger partial charge is 0.410 e. The molecule has 0 aliphatic carbocycles. The van der Waals surface area contributed by atoms with Gasteiger partial charge in [-0.05, 0) is 57.7 Å². The molecule has 1 saturated heterocycles. The number of H-pyrrole nitrogens is 1. The molecule has 0 radical (unpaired) electrons. The number of piperidine rings is 1. The van der Waals surface area contributed by atoms with Crippen molar-refractivity contribution in [2.45, 2.75) is 39.2 Å². The highest BCUT2D eigenvalue weighted by atomic mass is 16.6. The Labute approximate surface area is 164 Å². The summed E-state index contributed by atoms with van der Waals surface area (Å²) in [5, 5.41) is 0.929. The predicted molar refractivity (Wildman–Crippen MR) is 106 cm³/mol. The normalized spacial score (nSPS) is 15.5. The zero-order valence-corrected chi connectivity index (χ0v) is 16.9. The van der Waals surface area contributed by atoms with Gasteiger partial charge in [-0.3, -0.25) is 0 Å². The maximum absolute atomic E-state index is 12.4. The third kappa shape index (κ3) is 4.97. The van der Waals surface area contributed by atoms with Gasteiger partial charge in [-0.25, -0.2) is 9.59 Å². The fraction of sp³-hybridized carbons (Fsp3) is 0.524. The Hall–Kier alpha value is -2.70. The van der Waals surface area contributed by atoms with Crippen molar-refractivity contribution in [2.75, 3.05) is 26.8 Å². The number of nitrogens with zero attached hydrogens (tertiary/aromatic N) is 1. The van der Waals surface area contributed by atoms with Crippen molar-refractivity contribution in [3.8, 4) is 5.75 Å². The van der Waals surface area contributed by atoms with E-state index in [4.69, 9.17) is 14.2 Å². The number of carbonyl (C=O) groups is 2. The van der Waals surface area contributed by atoms with Crippen molar-refractivity contribution in [3.05, 3.63) is 30.0 Å². The third-order valence-corrected chi connectivity index (χ3v) is 4.77. The molecule has 1 amide bonds. The molecule has 0 bridgehead atoms. The zero-order valence-electron chi connectivity index (χ0n) is 16.9. The summed E-state index contributed by atoms with van der Waals surface area (Å²) in [6.07, 6.45) is 1.30. The minimum Gasteiger partial charge on any atom is -0.497 e. The highest BCUT2D eigenvalue weighted by molar-refractivity contribution is 5.95. The first-order valence-corrected chi connectivity index (χ1v) is 9.57. The van der Waals surface area contributed by atoms with Gasteiger partial charge in [-0.2, -0.15) is 0 Å². The highest BCUT2D eigenvalue weighted by Crippen LogP contribution is 2.23. The van der Waals surface area contributed by atoms with Crippen LogP contribution in [0.25, 0.3) is 10.9 Å². The second kappa shape index (κ2) is 8.12. The van der Waals surface area contributed by atoms with E-state index < -0.39 is 5.60 Å². The van der Waals surface area contributed by atoms with Gasteiger partial charge in [0.2, 0.25) is 0 Å². The Morgan fingerprint density at radius 3 is 2.54 bits per heavy atom. The van der Waals surface area contributed by atoms with Crippen LogP contribution in [0.3, 0.4) is 0 Å². The molecule has 3 rings (SSSR count). The third-order valence-electron chi connectivity index (χ3n) is 4.77. The summed E-state index contributed by atoms with van der Waals surface area (Å²) in [6.45, 7) is 7.15. The zero-order chi connectivity index (χ0) is 20.3. The van der Waals surface area contributed by atoms with Crippen LogP contribution in [0, 0.1) is 5.92 Å². The summed E-state index contributed by atoms with van der Waals surface area (Å²) in [5.41, 5.74) is 0.763. The molecule has 28 heavy (non-hydrogen) atoms. The van der Waals surface area contributed by atoms with Crippen molar-refractivity contribution in [2.24, 2.45) is 5.92 Å². The van der Waals surface area contributed by atoms with E-state index in [-0.39, 0.29) is 18.0 Å². The topological polar surface area (TPSA) is 80.9 Å². The number of carbonyl (C=O) groups excluding carboxylic acids is 2. The molecule has 2 aromatic rings. The first-order chi connectivity index (χ1) is 13.2. The van der Waals surface area contributed by atoms with Crippen molar-refractivity contribution in [3.63, 3.8) is 0 Å². The lowest BCUT2D eigenvalue weighted by molar-refractivity contribution is 0.0114. The van der Waals surface area contributed by atoms with Crippen molar-refractivity contribution < 1.29 is 23.8 Å². The fourth-order valence-corrected chi connectivity index (χ4v) is 3.22. The number of benzene rings is 1. The van der Waals surface area contributed by atoms with E-state index in [2.05, 4.69) is 4.98 Å². The summed E-state index contributed by atoms with van der Waals surface area (Å²) >= 11 is 0. The van der Waals surface area contributed by atoms with Crippen molar-refractivity contribution in [1.82, 2.24) is 9.88 Å². The molecule has 1 fully saturated rings. The number of fused-ring (bicyclic) bond motifs is 1. The van der Waals surface area contributed by atoms with Crippen LogP contribution >= 0.6 is 0 Å². The number of esters is 1. The Balaban J connectivity index is 1.49. The predicted octanol–water partition coefficient (Wildman–Crippen LogP) is 3.98. The fourth-order valence-electron chi connectivity index (χ4n) is 3.22. The summed E-state index contributed by atoms with van der Waals surface area (Å²) < 4.78 is 16.1. The molecule has 7 nitrogen and oxygen atoms in total. The van der Waals surface area contributed by atoms with E-state index in [0.29, 0.717) is 25.4 Å². The molecule has 1 aromatic carbocycles. The number of hydrogen-bond acceptors (Lipinski definition) is 5. The van der Waals surface area contributed by atoms with Crippen molar-refractivity contribution >= 4 is 23.0 Å². The molecule has 1 N–H and O–H groups in total. The highest BCUT2D eigenvalue weighted by Gasteiger charge is 2.27. The molecule has 7 heteroatoms. The molecule has 0 atom stereocenters. The standard InChI is InChI=1S/C21H28N2O5/c1-21(2,3)28-20(25)23-9-7-14(8-10-23)13-27-19(24)18-11-15-5-6-16(26-4)12-17(15)22-18/h5-6,11-12,14,22H,7-10,13H2,1-4H3. The Bertz CT molecular complexity index is 844. The largest absolute Gasteiger partial charge is 0.497 e. The van der Waals surface area contributed by atoms with Crippen LogP contribution in [-0.2, 0) is 9.47 Å². The monoisotopic (exact) mass is 388 g/mol. The maximum Gasteiger partial charge on any atom is 0.410 e. The SMILES string of the molecule is COc1ccc2cc(C(=O)OCC3CCN(C(=O)OC(C)(C)C)CC3)[nH]c2c1. The average Bonchev–Trinajstić information content (AvgIpc) is 3.08. The average molecular weight is 388 g/mol. The van der Waals surface area contributed by atoms with E-state index in [0.717, 1.165) is 29.5 Å². The summed E-state index contributed by atoms with van der Waals surface area (Å²) in [4.78, 5) is 29.3. The number of aromatic amines is 1. The molecule has 152 valence electrons. The van der Waals surface area contributed by atoms with Crippen LogP contribution in [-0.4, -0.2) is 54.4 Å². The molecule has 1 aromatic heterocycles. The van der Waals surface area contributed by atoms with Gasteiger partial charge in [-0.15, -0.1) is 0 Å². The first kappa shape index (κ1) is 20.0. The quantitative estimate of drug-likeness (QED) is 0.801. The number of likely N-dealkylation sites (tertiary alicyclic amines) is 1. The number of hydrogen-bond donors (Lipinski definition) is 1. The van der Waals surface area contributed by atoms with E-state index in [1.807, 2.05) is 39.0 Å². The lowest BCUT2D eigenvalue weighted by Crippen LogP contribution is -2.42. The molecule has 0 saturated carbocycles.